The molecule has 2 unspecified atom stereocenters. The Labute approximate surface area is 127 Å². The van der Waals surface area contributed by atoms with E-state index in [1.54, 1.807) is 6.07 Å². The normalized spacial score (nSPS) is 22.3. The Morgan fingerprint density at radius 2 is 2.05 bits per heavy atom. The van der Waals surface area contributed by atoms with Gasteiger partial charge in [0.15, 0.2) is 0 Å². The van der Waals surface area contributed by atoms with E-state index in [0.717, 1.165) is 6.07 Å². The Morgan fingerprint density at radius 3 is 2.57 bits per heavy atom. The van der Waals surface area contributed by atoms with Gasteiger partial charge in [0.05, 0.1) is 12.7 Å². The van der Waals surface area contributed by atoms with Gasteiger partial charge in [-0.25, -0.2) is 0 Å². The number of ether oxygens (including phenoxy) is 1. The number of piperidine rings is 1. The summed E-state index contributed by atoms with van der Waals surface area (Å²) in [5, 5.41) is 3.02. The van der Waals surface area contributed by atoms with E-state index >= 15 is 0 Å². The predicted molar refractivity (Wildman–Crippen MR) is 74.5 cm³/mol. The molecule has 0 aromatic heterocycles. The van der Waals surface area contributed by atoms with Gasteiger partial charge in [0, 0.05) is 6.54 Å². The van der Waals surface area contributed by atoms with Gasteiger partial charge in [0.2, 0.25) is 0 Å². The second kappa shape index (κ2) is 7.13. The lowest BCUT2D eigenvalue weighted by Crippen LogP contribution is -2.43. The van der Waals surface area contributed by atoms with E-state index in [1.807, 2.05) is 0 Å². The summed E-state index contributed by atoms with van der Waals surface area (Å²) in [7, 11) is 1.32. The molecule has 1 aliphatic heterocycles. The summed E-state index contributed by atoms with van der Waals surface area (Å²) in [6, 6.07) is 5.01. The highest BCUT2D eigenvalue weighted by Gasteiger charge is 2.32. The summed E-state index contributed by atoms with van der Waals surface area (Å²) in [4.78, 5) is 11.4. The third kappa shape index (κ3) is 4.35. The van der Waals surface area contributed by atoms with Crippen LogP contribution in [-0.4, -0.2) is 25.7 Å². The van der Waals surface area contributed by atoms with Crippen LogP contribution in [-0.2, 0) is 15.7 Å². The molecular weight excluding hydrogens is 307 g/mol. The van der Waals surface area contributed by atoms with Gasteiger partial charge in [-0.15, -0.1) is 12.4 Å². The smallest absolute Gasteiger partial charge is 0.416 e. The maximum atomic E-state index is 12.7. The third-order valence-electron chi connectivity index (χ3n) is 3.59. The molecule has 1 N–H and O–H groups in total. The Morgan fingerprint density at radius 1 is 1.33 bits per heavy atom. The molecule has 0 amide bonds. The summed E-state index contributed by atoms with van der Waals surface area (Å²) < 4.78 is 42.7. The lowest BCUT2D eigenvalue weighted by molar-refractivity contribution is -0.143. The highest BCUT2D eigenvalue weighted by molar-refractivity contribution is 5.85. The zero-order chi connectivity index (χ0) is 14.8. The zero-order valence-corrected chi connectivity index (χ0v) is 12.3. The van der Waals surface area contributed by atoms with Crippen molar-refractivity contribution in [2.45, 2.75) is 31.0 Å². The van der Waals surface area contributed by atoms with E-state index in [4.69, 9.17) is 0 Å². The maximum absolute atomic E-state index is 12.7. The van der Waals surface area contributed by atoms with Crippen molar-refractivity contribution >= 4 is 18.4 Å². The average Bonchev–Trinajstić information content (AvgIpc) is 2.46. The first-order valence-corrected chi connectivity index (χ1v) is 6.40. The van der Waals surface area contributed by atoms with E-state index in [1.165, 1.54) is 19.2 Å². The van der Waals surface area contributed by atoms with Crippen LogP contribution in [0.1, 0.15) is 29.9 Å². The lowest BCUT2D eigenvalue weighted by atomic mass is 9.88. The lowest BCUT2D eigenvalue weighted by Gasteiger charge is -2.28. The molecule has 3 nitrogen and oxygen atoms in total. The summed E-state index contributed by atoms with van der Waals surface area (Å²) in [5.41, 5.74) is 0.0146. The van der Waals surface area contributed by atoms with Crippen molar-refractivity contribution < 1.29 is 22.7 Å². The van der Waals surface area contributed by atoms with Gasteiger partial charge in [-0.3, -0.25) is 4.79 Å². The van der Waals surface area contributed by atoms with Crippen LogP contribution in [0.5, 0.6) is 0 Å². The van der Waals surface area contributed by atoms with E-state index < -0.39 is 11.7 Å². The van der Waals surface area contributed by atoms with Crippen molar-refractivity contribution in [1.29, 1.82) is 0 Å². The monoisotopic (exact) mass is 323 g/mol. The minimum atomic E-state index is -4.33. The van der Waals surface area contributed by atoms with Crippen molar-refractivity contribution in [2.24, 2.45) is 0 Å². The third-order valence-corrected chi connectivity index (χ3v) is 3.59. The van der Waals surface area contributed by atoms with Crippen molar-refractivity contribution in [2.75, 3.05) is 13.7 Å². The number of benzene rings is 1. The first-order chi connectivity index (χ1) is 9.41. The fourth-order valence-electron chi connectivity index (χ4n) is 2.45. The number of carbonyl (C=O) groups excluding carboxylic acids is 1. The summed E-state index contributed by atoms with van der Waals surface area (Å²) in [6.45, 7) is 0.473. The predicted octanol–water partition coefficient (Wildman–Crippen LogP) is 3.14. The minimum Gasteiger partial charge on any atom is -0.468 e. The van der Waals surface area contributed by atoms with Gasteiger partial charge in [-0.05, 0) is 30.4 Å². The molecule has 2 rings (SSSR count). The van der Waals surface area contributed by atoms with Crippen LogP contribution in [0.4, 0.5) is 13.2 Å². The number of halogens is 4. The Hall–Kier alpha value is -1.27. The fraction of sp³-hybridized carbons (Fsp3) is 0.500. The van der Waals surface area contributed by atoms with Crippen LogP contribution >= 0.6 is 12.4 Å². The van der Waals surface area contributed by atoms with Crippen LogP contribution in [0.2, 0.25) is 0 Å². The van der Waals surface area contributed by atoms with Crippen LogP contribution in [0.25, 0.3) is 0 Å². The van der Waals surface area contributed by atoms with E-state index in [-0.39, 0.29) is 30.3 Å². The first-order valence-electron chi connectivity index (χ1n) is 6.40. The number of esters is 1. The molecule has 1 heterocycles. The fourth-order valence-corrected chi connectivity index (χ4v) is 2.45. The highest BCUT2D eigenvalue weighted by atomic mass is 35.5. The van der Waals surface area contributed by atoms with Crippen molar-refractivity contribution in [3.63, 3.8) is 0 Å². The topological polar surface area (TPSA) is 38.3 Å². The van der Waals surface area contributed by atoms with Gasteiger partial charge >= 0.3 is 12.1 Å². The maximum Gasteiger partial charge on any atom is 0.416 e. The molecule has 0 aliphatic carbocycles. The molecule has 21 heavy (non-hydrogen) atoms. The standard InChI is InChI=1S/C14H16F3NO2.ClH/c1-20-13(19)12-6-5-10(8-18-12)9-3-2-4-11(7-9)14(15,16)17;/h2-4,7,10,12,18H,5-6,8H2,1H3;1H. The Kier molecular flexibility index (Phi) is 6.04. The van der Waals surface area contributed by atoms with Gasteiger partial charge < -0.3 is 10.1 Å². The van der Waals surface area contributed by atoms with Crippen LogP contribution in [0.3, 0.4) is 0 Å². The van der Waals surface area contributed by atoms with Gasteiger partial charge in [-0.2, -0.15) is 13.2 Å². The number of methoxy groups -OCH3 is 1. The largest absolute Gasteiger partial charge is 0.468 e. The molecular formula is C14H17ClF3NO2. The number of rotatable bonds is 2. The Bertz CT molecular complexity index is 485. The minimum absolute atomic E-state index is 0. The molecule has 7 heteroatoms. The quantitative estimate of drug-likeness (QED) is 0.850. The second-order valence-corrected chi connectivity index (χ2v) is 4.88. The average molecular weight is 324 g/mol. The highest BCUT2D eigenvalue weighted by Crippen LogP contribution is 2.33. The van der Waals surface area contributed by atoms with Gasteiger partial charge in [-0.1, -0.05) is 18.2 Å². The van der Waals surface area contributed by atoms with Crippen LogP contribution in [0, 0.1) is 0 Å². The SMILES string of the molecule is COC(=O)C1CCC(c2cccc(C(F)(F)F)c2)CN1.Cl. The van der Waals surface area contributed by atoms with E-state index in [2.05, 4.69) is 10.1 Å². The molecule has 0 bridgehead atoms. The molecule has 0 saturated carbocycles. The molecule has 118 valence electrons. The molecule has 1 aromatic rings. The number of nitrogens with one attached hydrogen (secondary N) is 1. The number of alkyl halides is 3. The first kappa shape index (κ1) is 17.8. The molecule has 0 radical (unpaired) electrons. The van der Waals surface area contributed by atoms with Gasteiger partial charge in [0.1, 0.15) is 6.04 Å². The molecule has 1 aromatic carbocycles. The number of hydrogen-bond acceptors (Lipinski definition) is 3. The Balaban J connectivity index is 0.00000220. The van der Waals surface area contributed by atoms with Crippen molar-refractivity contribution in [3.05, 3.63) is 35.4 Å². The molecule has 1 aliphatic rings. The van der Waals surface area contributed by atoms with Crippen molar-refractivity contribution in [3.8, 4) is 0 Å². The molecule has 0 spiro atoms. The number of hydrogen-bond donors (Lipinski definition) is 1. The second-order valence-electron chi connectivity index (χ2n) is 4.88. The molecule has 1 fully saturated rings. The van der Waals surface area contributed by atoms with E-state index in [0.29, 0.717) is 24.9 Å². The van der Waals surface area contributed by atoms with Crippen molar-refractivity contribution in [1.82, 2.24) is 5.32 Å². The van der Waals surface area contributed by atoms with Gasteiger partial charge in [0.25, 0.3) is 0 Å². The number of carbonyl (C=O) groups is 1. The molecule has 1 saturated heterocycles. The molecule has 2 atom stereocenters. The summed E-state index contributed by atoms with van der Waals surface area (Å²) >= 11 is 0. The summed E-state index contributed by atoms with van der Waals surface area (Å²) in [6.07, 6.45) is -3.10. The van der Waals surface area contributed by atoms with Crippen LogP contribution < -0.4 is 5.32 Å². The zero-order valence-electron chi connectivity index (χ0n) is 11.4. The summed E-state index contributed by atoms with van der Waals surface area (Å²) in [5.74, 6) is -0.342. The van der Waals surface area contributed by atoms with E-state index in [9.17, 15) is 18.0 Å². The van der Waals surface area contributed by atoms with Crippen LogP contribution in [0.15, 0.2) is 24.3 Å².